The van der Waals surface area contributed by atoms with Gasteiger partial charge in [0.25, 0.3) is 0 Å². The van der Waals surface area contributed by atoms with Crippen LogP contribution in [0, 0.1) is 0 Å². The Morgan fingerprint density at radius 3 is 0.773 bits per heavy atom. The summed E-state index contributed by atoms with van der Waals surface area (Å²) in [6, 6.07) is 0. The first-order valence-electron chi connectivity index (χ1n) is 33.5. The lowest BCUT2D eigenvalue weighted by atomic mass is 10.0. The van der Waals surface area contributed by atoms with Crippen LogP contribution < -0.4 is 0 Å². The van der Waals surface area contributed by atoms with Gasteiger partial charge >= 0.3 is 17.9 Å². The van der Waals surface area contributed by atoms with Crippen molar-refractivity contribution < 1.29 is 28.6 Å². The monoisotopic (exact) mass is 1050 g/mol. The first-order chi connectivity index (χ1) is 37.0. The van der Waals surface area contributed by atoms with Gasteiger partial charge in [0.05, 0.1) is 0 Å². The zero-order valence-electron chi connectivity index (χ0n) is 50.6. The summed E-state index contributed by atoms with van der Waals surface area (Å²) in [5, 5.41) is 0. The lowest BCUT2D eigenvalue weighted by Gasteiger charge is -2.18. The van der Waals surface area contributed by atoms with Gasteiger partial charge in [-0.2, -0.15) is 0 Å². The van der Waals surface area contributed by atoms with E-state index in [1.54, 1.807) is 0 Å². The second kappa shape index (κ2) is 64.2. The van der Waals surface area contributed by atoms with Crippen LogP contribution in [0.15, 0.2) is 36.5 Å². The van der Waals surface area contributed by atoms with Crippen LogP contribution in [0.5, 0.6) is 0 Å². The van der Waals surface area contributed by atoms with E-state index < -0.39 is 6.10 Å². The standard InChI is InChI=1S/C69H128O6/c1-4-7-10-13-16-19-22-25-26-27-28-29-30-31-32-33-34-35-36-37-38-39-40-41-42-43-44-45-48-50-53-56-59-62-68(71)74-65-66(75-69(72)63-60-57-54-51-47-24-21-18-15-12-9-6-3)64-73-67(70)61-58-55-52-49-46-23-20-17-14-11-8-5-2/h18,21-22,25,27-28,66H,4-17,19-20,23-24,26,29-65H2,1-3H3/b21-18-,25-22-,28-27-. The smallest absolute Gasteiger partial charge is 0.306 e. The van der Waals surface area contributed by atoms with Crippen LogP contribution in [0.2, 0.25) is 0 Å². The number of hydrogen-bond donors (Lipinski definition) is 0. The quantitative estimate of drug-likeness (QED) is 0.0261. The van der Waals surface area contributed by atoms with Crippen molar-refractivity contribution in [3.8, 4) is 0 Å². The molecular weight excluding hydrogens is 925 g/mol. The fourth-order valence-electron chi connectivity index (χ4n) is 10.1. The van der Waals surface area contributed by atoms with Crippen LogP contribution in [0.25, 0.3) is 0 Å². The Kier molecular flexibility index (Phi) is 62.1. The number of rotatable bonds is 62. The van der Waals surface area contributed by atoms with E-state index in [2.05, 4.69) is 57.2 Å². The van der Waals surface area contributed by atoms with Gasteiger partial charge in [0, 0.05) is 19.3 Å². The molecule has 0 rings (SSSR count). The van der Waals surface area contributed by atoms with Gasteiger partial charge < -0.3 is 14.2 Å². The van der Waals surface area contributed by atoms with Gasteiger partial charge in [-0.1, -0.05) is 308 Å². The van der Waals surface area contributed by atoms with Crippen molar-refractivity contribution in [2.45, 2.75) is 374 Å². The third-order valence-corrected chi connectivity index (χ3v) is 15.1. The highest BCUT2D eigenvalue weighted by Crippen LogP contribution is 2.18. The van der Waals surface area contributed by atoms with Crippen molar-refractivity contribution in [1.82, 2.24) is 0 Å². The van der Waals surface area contributed by atoms with Crippen LogP contribution >= 0.6 is 0 Å². The fourth-order valence-corrected chi connectivity index (χ4v) is 10.1. The Hall–Kier alpha value is -2.37. The maximum atomic E-state index is 12.8. The summed E-state index contributed by atoms with van der Waals surface area (Å²) in [7, 11) is 0. The number of ether oxygens (including phenoxy) is 3. The summed E-state index contributed by atoms with van der Waals surface area (Å²) in [4.78, 5) is 38.2. The summed E-state index contributed by atoms with van der Waals surface area (Å²) < 4.78 is 16.9. The molecule has 0 aliphatic carbocycles. The summed E-state index contributed by atoms with van der Waals surface area (Å²) in [6.45, 7) is 6.64. The zero-order valence-corrected chi connectivity index (χ0v) is 50.6. The van der Waals surface area contributed by atoms with E-state index in [0.717, 1.165) is 70.6 Å². The first kappa shape index (κ1) is 72.6. The average molecular weight is 1050 g/mol. The van der Waals surface area contributed by atoms with E-state index in [-0.39, 0.29) is 31.1 Å². The Morgan fingerprint density at radius 2 is 0.480 bits per heavy atom. The molecule has 0 radical (unpaired) electrons. The highest BCUT2D eigenvalue weighted by atomic mass is 16.6. The molecule has 0 bridgehead atoms. The number of allylic oxidation sites excluding steroid dienone is 6. The van der Waals surface area contributed by atoms with Gasteiger partial charge in [0.1, 0.15) is 13.2 Å². The summed E-state index contributed by atoms with van der Waals surface area (Å²) in [5.74, 6) is -0.857. The molecule has 1 unspecified atom stereocenters. The van der Waals surface area contributed by atoms with Crippen LogP contribution in [0.1, 0.15) is 367 Å². The molecule has 0 fully saturated rings. The minimum absolute atomic E-state index is 0.0698. The molecule has 0 aromatic rings. The van der Waals surface area contributed by atoms with E-state index in [9.17, 15) is 14.4 Å². The first-order valence-corrected chi connectivity index (χ1v) is 33.5. The zero-order chi connectivity index (χ0) is 54.3. The molecule has 75 heavy (non-hydrogen) atoms. The van der Waals surface area contributed by atoms with Crippen molar-refractivity contribution in [2.75, 3.05) is 13.2 Å². The maximum Gasteiger partial charge on any atom is 0.306 e. The second-order valence-electron chi connectivity index (χ2n) is 22.7. The molecule has 0 aliphatic heterocycles. The van der Waals surface area contributed by atoms with Crippen LogP contribution in [-0.4, -0.2) is 37.2 Å². The lowest BCUT2D eigenvalue weighted by Crippen LogP contribution is -2.30. The van der Waals surface area contributed by atoms with E-state index in [0.29, 0.717) is 19.3 Å². The molecular formula is C69H128O6. The van der Waals surface area contributed by atoms with Crippen molar-refractivity contribution in [2.24, 2.45) is 0 Å². The molecule has 0 spiro atoms. The lowest BCUT2D eigenvalue weighted by molar-refractivity contribution is -0.167. The van der Waals surface area contributed by atoms with E-state index in [1.165, 1.54) is 257 Å². The predicted molar refractivity (Wildman–Crippen MR) is 326 cm³/mol. The number of carbonyl (C=O) groups excluding carboxylic acids is 3. The molecule has 6 heteroatoms. The molecule has 0 amide bonds. The van der Waals surface area contributed by atoms with Gasteiger partial charge in [-0.15, -0.1) is 0 Å². The van der Waals surface area contributed by atoms with Crippen molar-refractivity contribution in [1.29, 1.82) is 0 Å². The Morgan fingerprint density at radius 1 is 0.267 bits per heavy atom. The SMILES string of the molecule is CCCCC/C=C\CCCCCCCC(=O)OC(COC(=O)CCCCCCCCCCCCCC)COC(=O)CCCCCCCCCCCCCCCCCCCCCCC/C=C\C/C=C\CCCCCCC. The third kappa shape index (κ3) is 62.4. The van der Waals surface area contributed by atoms with Crippen molar-refractivity contribution in [3.63, 3.8) is 0 Å². The molecule has 0 N–H and O–H groups in total. The summed E-state index contributed by atoms with van der Waals surface area (Å²) >= 11 is 0. The highest BCUT2D eigenvalue weighted by molar-refractivity contribution is 5.71. The van der Waals surface area contributed by atoms with Crippen molar-refractivity contribution >= 4 is 17.9 Å². The van der Waals surface area contributed by atoms with Gasteiger partial charge in [-0.05, 0) is 77.0 Å². The predicted octanol–water partition coefficient (Wildman–Crippen LogP) is 22.8. The van der Waals surface area contributed by atoms with E-state index in [1.807, 2.05) is 0 Å². The number of hydrogen-bond acceptors (Lipinski definition) is 6. The van der Waals surface area contributed by atoms with Gasteiger partial charge in [-0.3, -0.25) is 14.4 Å². The Bertz CT molecular complexity index is 1250. The molecule has 0 saturated heterocycles. The van der Waals surface area contributed by atoms with Gasteiger partial charge in [0.15, 0.2) is 6.10 Å². The van der Waals surface area contributed by atoms with Crippen LogP contribution in [0.3, 0.4) is 0 Å². The topological polar surface area (TPSA) is 78.9 Å². The number of unbranched alkanes of at least 4 members (excludes halogenated alkanes) is 45. The second-order valence-corrected chi connectivity index (χ2v) is 22.7. The van der Waals surface area contributed by atoms with Crippen molar-refractivity contribution in [3.05, 3.63) is 36.5 Å². The Labute approximate surface area is 467 Å². The highest BCUT2D eigenvalue weighted by Gasteiger charge is 2.19. The summed E-state index contributed by atoms with van der Waals surface area (Å²) in [6.07, 6.45) is 79.0. The molecule has 440 valence electrons. The summed E-state index contributed by atoms with van der Waals surface area (Å²) in [5.41, 5.74) is 0. The molecule has 0 heterocycles. The minimum atomic E-state index is -0.771. The van der Waals surface area contributed by atoms with Crippen LogP contribution in [0.4, 0.5) is 0 Å². The minimum Gasteiger partial charge on any atom is -0.462 e. The normalized spacial score (nSPS) is 12.2. The molecule has 1 atom stereocenters. The van der Waals surface area contributed by atoms with E-state index >= 15 is 0 Å². The molecule has 0 saturated carbocycles. The number of carbonyl (C=O) groups is 3. The average Bonchev–Trinajstić information content (AvgIpc) is 3.41. The molecule has 0 aromatic heterocycles. The number of esters is 3. The van der Waals surface area contributed by atoms with E-state index in [4.69, 9.17) is 14.2 Å². The third-order valence-electron chi connectivity index (χ3n) is 15.1. The Balaban J connectivity index is 4.02. The largest absolute Gasteiger partial charge is 0.462 e. The molecule has 6 nitrogen and oxygen atoms in total. The molecule has 0 aromatic carbocycles. The van der Waals surface area contributed by atoms with Gasteiger partial charge in [-0.25, -0.2) is 0 Å². The maximum absolute atomic E-state index is 12.8. The molecule has 0 aliphatic rings. The fraction of sp³-hybridized carbons (Fsp3) is 0.870. The van der Waals surface area contributed by atoms with Crippen LogP contribution in [-0.2, 0) is 28.6 Å². The van der Waals surface area contributed by atoms with Gasteiger partial charge in [0.2, 0.25) is 0 Å².